The van der Waals surface area contributed by atoms with Crippen molar-refractivity contribution in [2.75, 3.05) is 7.05 Å². The predicted octanol–water partition coefficient (Wildman–Crippen LogP) is 2.62. The van der Waals surface area contributed by atoms with E-state index in [9.17, 15) is 9.59 Å². The Kier molecular flexibility index (Phi) is 5.41. The number of nitrogens with one attached hydrogen (secondary N) is 1. The fourth-order valence-electron chi connectivity index (χ4n) is 1.91. The van der Waals surface area contributed by atoms with Gasteiger partial charge in [0.1, 0.15) is 5.76 Å². The highest BCUT2D eigenvalue weighted by Gasteiger charge is 2.29. The third-order valence-electron chi connectivity index (χ3n) is 3.44. The Labute approximate surface area is 125 Å². The minimum absolute atomic E-state index is 0.103. The lowest BCUT2D eigenvalue weighted by Crippen LogP contribution is -2.49. The highest BCUT2D eigenvalue weighted by molar-refractivity contribution is 5.76. The summed E-state index contributed by atoms with van der Waals surface area (Å²) in [4.78, 5) is 24.7. The Bertz CT molecular complexity index is 502. The minimum atomic E-state index is -0.927. The van der Waals surface area contributed by atoms with Crippen LogP contribution in [0.25, 0.3) is 0 Å². The molecule has 2 amide bonds. The molecule has 21 heavy (non-hydrogen) atoms. The summed E-state index contributed by atoms with van der Waals surface area (Å²) in [6, 6.07) is 1.09. The lowest BCUT2D eigenvalue weighted by atomic mass is 9.85. The molecule has 1 aromatic heterocycles. The molecule has 2 N–H and O–H groups in total. The first-order chi connectivity index (χ1) is 9.61. The molecule has 0 saturated carbocycles. The Hall–Kier alpha value is -1.98. The van der Waals surface area contributed by atoms with E-state index in [0.717, 1.165) is 11.3 Å². The van der Waals surface area contributed by atoms with Gasteiger partial charge in [0.25, 0.3) is 0 Å². The topological polar surface area (TPSA) is 82.8 Å². The van der Waals surface area contributed by atoms with E-state index in [-0.39, 0.29) is 17.9 Å². The van der Waals surface area contributed by atoms with Crippen molar-refractivity contribution in [1.29, 1.82) is 0 Å². The molecule has 0 aliphatic rings. The maximum Gasteiger partial charge on any atom is 0.317 e. The molecule has 1 atom stereocenters. The zero-order valence-electron chi connectivity index (χ0n) is 13.3. The highest BCUT2D eigenvalue weighted by Crippen LogP contribution is 2.22. The largest absolute Gasteiger partial charge is 0.481 e. The van der Waals surface area contributed by atoms with Crippen molar-refractivity contribution in [3.05, 3.63) is 23.7 Å². The maximum atomic E-state index is 12.2. The van der Waals surface area contributed by atoms with E-state index in [0.29, 0.717) is 6.54 Å². The second kappa shape index (κ2) is 6.65. The average molecular weight is 296 g/mol. The smallest absolute Gasteiger partial charge is 0.317 e. The van der Waals surface area contributed by atoms with Gasteiger partial charge in [0.15, 0.2) is 0 Å². The van der Waals surface area contributed by atoms with Crippen molar-refractivity contribution in [2.45, 2.75) is 46.7 Å². The Morgan fingerprint density at radius 2 is 2.05 bits per heavy atom. The molecule has 0 bridgehead atoms. The van der Waals surface area contributed by atoms with E-state index < -0.39 is 12.0 Å². The van der Waals surface area contributed by atoms with Gasteiger partial charge in [-0.05, 0) is 18.4 Å². The molecule has 0 saturated heterocycles. The molecule has 1 aromatic rings. The van der Waals surface area contributed by atoms with Crippen LogP contribution in [0.2, 0.25) is 0 Å². The van der Waals surface area contributed by atoms with Gasteiger partial charge in [-0.25, -0.2) is 4.79 Å². The summed E-state index contributed by atoms with van der Waals surface area (Å²) in [5.41, 5.74) is 0.596. The summed E-state index contributed by atoms with van der Waals surface area (Å²) >= 11 is 0. The molecule has 0 aromatic carbocycles. The van der Waals surface area contributed by atoms with Crippen molar-refractivity contribution in [1.82, 2.24) is 10.2 Å². The number of hydrogen-bond donors (Lipinski definition) is 2. The quantitative estimate of drug-likeness (QED) is 0.875. The second-order valence-electron chi connectivity index (χ2n) is 6.32. The number of aliphatic carboxylic acids is 1. The lowest BCUT2D eigenvalue weighted by Gasteiger charge is -2.32. The fraction of sp³-hybridized carbons (Fsp3) is 0.600. The van der Waals surface area contributed by atoms with Gasteiger partial charge in [-0.2, -0.15) is 0 Å². The van der Waals surface area contributed by atoms with E-state index in [4.69, 9.17) is 9.52 Å². The first kappa shape index (κ1) is 17.1. The molecule has 1 unspecified atom stereocenters. The zero-order chi connectivity index (χ0) is 16.2. The van der Waals surface area contributed by atoms with Crippen molar-refractivity contribution in [2.24, 2.45) is 5.41 Å². The zero-order valence-corrected chi connectivity index (χ0v) is 13.3. The lowest BCUT2D eigenvalue weighted by molar-refractivity contribution is -0.138. The molecule has 0 spiro atoms. The van der Waals surface area contributed by atoms with E-state index in [1.165, 1.54) is 4.90 Å². The van der Waals surface area contributed by atoms with Gasteiger partial charge >= 0.3 is 12.0 Å². The van der Waals surface area contributed by atoms with Crippen LogP contribution in [0.4, 0.5) is 4.79 Å². The third-order valence-corrected chi connectivity index (χ3v) is 3.44. The number of carbonyl (C=O) groups excluding carboxylic acids is 1. The molecule has 118 valence electrons. The highest BCUT2D eigenvalue weighted by atomic mass is 16.4. The van der Waals surface area contributed by atoms with Crippen molar-refractivity contribution >= 4 is 12.0 Å². The summed E-state index contributed by atoms with van der Waals surface area (Å²) in [5.74, 6) is -0.156. The molecule has 0 fully saturated rings. The van der Waals surface area contributed by atoms with Crippen LogP contribution in [0.5, 0.6) is 0 Å². The van der Waals surface area contributed by atoms with Crippen LogP contribution in [0.1, 0.15) is 38.5 Å². The molecule has 6 heteroatoms. The van der Waals surface area contributed by atoms with Crippen LogP contribution >= 0.6 is 0 Å². The molecule has 0 radical (unpaired) electrons. The van der Waals surface area contributed by atoms with Crippen LogP contribution < -0.4 is 5.32 Å². The first-order valence-electron chi connectivity index (χ1n) is 6.87. The molecule has 6 nitrogen and oxygen atoms in total. The van der Waals surface area contributed by atoms with Gasteiger partial charge in [-0.1, -0.05) is 20.8 Å². The Morgan fingerprint density at radius 1 is 1.43 bits per heavy atom. The molecule has 0 aliphatic heterocycles. The van der Waals surface area contributed by atoms with Crippen molar-refractivity contribution in [3.8, 4) is 0 Å². The summed E-state index contributed by atoms with van der Waals surface area (Å²) in [6.07, 6.45) is 1.48. The van der Waals surface area contributed by atoms with Crippen LogP contribution in [0, 0.1) is 12.3 Å². The Balaban J connectivity index is 2.68. The van der Waals surface area contributed by atoms with Crippen LogP contribution in [-0.4, -0.2) is 35.1 Å². The fourth-order valence-corrected chi connectivity index (χ4v) is 1.91. The molecule has 1 heterocycles. The third kappa shape index (κ3) is 5.13. The number of carboxylic acid groups (broad SMARTS) is 1. The van der Waals surface area contributed by atoms with Crippen LogP contribution in [0.15, 0.2) is 16.7 Å². The molecular weight excluding hydrogens is 272 g/mol. The van der Waals surface area contributed by atoms with Crippen molar-refractivity contribution < 1.29 is 19.1 Å². The van der Waals surface area contributed by atoms with E-state index in [1.807, 2.05) is 33.8 Å². The summed E-state index contributed by atoms with van der Waals surface area (Å²) in [5, 5.41) is 11.8. The van der Waals surface area contributed by atoms with Gasteiger partial charge in [-0.3, -0.25) is 4.79 Å². The molecule has 1 rings (SSSR count). The predicted molar refractivity (Wildman–Crippen MR) is 78.9 cm³/mol. The van der Waals surface area contributed by atoms with Crippen LogP contribution in [-0.2, 0) is 11.3 Å². The van der Waals surface area contributed by atoms with E-state index in [2.05, 4.69) is 5.32 Å². The average Bonchev–Trinajstić information content (AvgIpc) is 2.72. The first-order valence-corrected chi connectivity index (χ1v) is 6.87. The van der Waals surface area contributed by atoms with Gasteiger partial charge in [0.2, 0.25) is 0 Å². The number of carbonyl (C=O) groups is 2. The second-order valence-corrected chi connectivity index (χ2v) is 6.32. The number of urea groups is 1. The maximum absolute atomic E-state index is 12.2. The number of rotatable bonds is 5. The number of amides is 2. The summed E-state index contributed by atoms with van der Waals surface area (Å²) < 4.78 is 5.20. The standard InChI is InChI=1S/C15H24N2O4/c1-10-11(6-7-21-10)9-17(5)14(20)16-12(8-13(18)19)15(2,3)4/h6-7,12H,8-9H2,1-5H3,(H,16,20)(H,18,19). The monoisotopic (exact) mass is 296 g/mol. The number of carboxylic acids is 1. The molecule has 0 aliphatic carbocycles. The SMILES string of the molecule is Cc1occc1CN(C)C(=O)NC(CC(=O)O)C(C)(C)C. The van der Waals surface area contributed by atoms with Gasteiger partial charge in [0, 0.05) is 18.7 Å². The van der Waals surface area contributed by atoms with Gasteiger partial charge < -0.3 is 19.7 Å². The van der Waals surface area contributed by atoms with Crippen molar-refractivity contribution in [3.63, 3.8) is 0 Å². The summed E-state index contributed by atoms with van der Waals surface area (Å²) in [7, 11) is 1.67. The Morgan fingerprint density at radius 3 is 2.48 bits per heavy atom. The number of aryl methyl sites for hydroxylation is 1. The molecular formula is C15H24N2O4. The van der Waals surface area contributed by atoms with E-state index in [1.54, 1.807) is 13.3 Å². The van der Waals surface area contributed by atoms with Gasteiger partial charge in [-0.15, -0.1) is 0 Å². The number of nitrogens with zero attached hydrogens (tertiary/aromatic N) is 1. The van der Waals surface area contributed by atoms with Gasteiger partial charge in [0.05, 0.1) is 19.2 Å². The number of furan rings is 1. The number of hydrogen-bond acceptors (Lipinski definition) is 3. The minimum Gasteiger partial charge on any atom is -0.481 e. The van der Waals surface area contributed by atoms with E-state index >= 15 is 0 Å². The van der Waals surface area contributed by atoms with Crippen LogP contribution in [0.3, 0.4) is 0 Å². The normalized spacial score (nSPS) is 12.8. The summed E-state index contributed by atoms with van der Waals surface area (Å²) in [6.45, 7) is 7.96.